The molecule has 1 atom stereocenters. The van der Waals surface area contributed by atoms with Gasteiger partial charge in [-0.2, -0.15) is 0 Å². The Labute approximate surface area is 125 Å². The van der Waals surface area contributed by atoms with E-state index in [1.807, 2.05) is 31.2 Å². The van der Waals surface area contributed by atoms with Crippen molar-refractivity contribution in [2.75, 3.05) is 5.43 Å². The van der Waals surface area contributed by atoms with E-state index in [0.717, 1.165) is 10.0 Å². The van der Waals surface area contributed by atoms with Crippen LogP contribution in [0, 0.1) is 0 Å². The summed E-state index contributed by atoms with van der Waals surface area (Å²) in [5.41, 5.74) is 4.51. The molecule has 1 aromatic heterocycles. The van der Waals surface area contributed by atoms with Crippen LogP contribution in [0.4, 0.5) is 5.69 Å². The number of aromatic nitrogens is 1. The Bertz CT molecular complexity index is 583. The Morgan fingerprint density at radius 3 is 2.50 bits per heavy atom. The Morgan fingerprint density at radius 2 is 1.95 bits per heavy atom. The second kappa shape index (κ2) is 6.49. The first kappa shape index (κ1) is 14.5. The second-order valence-electron chi connectivity index (χ2n) is 4.32. The fraction of sp³-hybridized carbons (Fsp3) is 0.143. The molecule has 4 N–H and O–H groups in total. The molecule has 0 aliphatic heterocycles. The topological polar surface area (TPSA) is 80.0 Å². The van der Waals surface area contributed by atoms with Crippen molar-refractivity contribution in [1.29, 1.82) is 0 Å². The number of nitrogen functional groups attached to an aromatic ring is 1. The first-order chi connectivity index (χ1) is 9.60. The third-order valence-electron chi connectivity index (χ3n) is 2.88. The van der Waals surface area contributed by atoms with Gasteiger partial charge in [-0.3, -0.25) is 10.6 Å². The van der Waals surface area contributed by atoms with E-state index in [-0.39, 0.29) is 11.9 Å². The molecule has 0 spiro atoms. The molecule has 2 aromatic rings. The Hall–Kier alpha value is -1.92. The number of hydrazine groups is 1. The fourth-order valence-corrected chi connectivity index (χ4v) is 1.98. The average Bonchev–Trinajstić information content (AvgIpc) is 2.48. The Kier molecular flexibility index (Phi) is 4.70. The van der Waals surface area contributed by atoms with Crippen molar-refractivity contribution in [1.82, 2.24) is 10.3 Å². The minimum absolute atomic E-state index is 0.0929. The molecule has 20 heavy (non-hydrogen) atoms. The van der Waals surface area contributed by atoms with Crippen molar-refractivity contribution in [3.05, 3.63) is 58.3 Å². The van der Waals surface area contributed by atoms with Gasteiger partial charge in [0.2, 0.25) is 0 Å². The standard InChI is InChI=1S/C14H15BrN4O/c1-9(10-2-4-11(15)5-3-10)18-14(20)13-7-6-12(19-16)8-17-13/h2-9,19H,16H2,1H3,(H,18,20). The third-order valence-corrected chi connectivity index (χ3v) is 3.41. The van der Waals surface area contributed by atoms with Gasteiger partial charge in [0, 0.05) is 4.47 Å². The van der Waals surface area contributed by atoms with Crippen LogP contribution in [0.3, 0.4) is 0 Å². The summed E-state index contributed by atoms with van der Waals surface area (Å²) in [4.78, 5) is 16.1. The van der Waals surface area contributed by atoms with E-state index in [9.17, 15) is 4.79 Å². The molecule has 0 saturated carbocycles. The highest BCUT2D eigenvalue weighted by molar-refractivity contribution is 9.10. The maximum atomic E-state index is 12.1. The lowest BCUT2D eigenvalue weighted by Gasteiger charge is -2.14. The van der Waals surface area contributed by atoms with E-state index in [4.69, 9.17) is 5.84 Å². The number of amides is 1. The highest BCUT2D eigenvalue weighted by atomic mass is 79.9. The van der Waals surface area contributed by atoms with Crippen LogP contribution in [0.25, 0.3) is 0 Å². The lowest BCUT2D eigenvalue weighted by Crippen LogP contribution is -2.27. The number of nitrogens with one attached hydrogen (secondary N) is 2. The number of anilines is 1. The Morgan fingerprint density at radius 1 is 1.25 bits per heavy atom. The molecule has 0 aliphatic carbocycles. The lowest BCUT2D eigenvalue weighted by molar-refractivity contribution is 0.0935. The van der Waals surface area contributed by atoms with Crippen molar-refractivity contribution in [3.8, 4) is 0 Å². The molecule has 1 heterocycles. The van der Waals surface area contributed by atoms with Crippen LogP contribution in [0.15, 0.2) is 47.1 Å². The average molecular weight is 335 g/mol. The third kappa shape index (κ3) is 3.55. The minimum Gasteiger partial charge on any atom is -0.344 e. The van der Waals surface area contributed by atoms with Gasteiger partial charge >= 0.3 is 0 Å². The van der Waals surface area contributed by atoms with Crippen LogP contribution in [0.2, 0.25) is 0 Å². The number of pyridine rings is 1. The number of hydrogen-bond acceptors (Lipinski definition) is 4. The lowest BCUT2D eigenvalue weighted by atomic mass is 10.1. The molecule has 5 nitrogen and oxygen atoms in total. The number of nitrogens with zero attached hydrogens (tertiary/aromatic N) is 1. The fourth-order valence-electron chi connectivity index (χ4n) is 1.72. The molecule has 0 aliphatic rings. The van der Waals surface area contributed by atoms with E-state index in [1.165, 1.54) is 6.20 Å². The van der Waals surface area contributed by atoms with Crippen LogP contribution in [-0.2, 0) is 0 Å². The van der Waals surface area contributed by atoms with Gasteiger partial charge in [-0.1, -0.05) is 28.1 Å². The maximum absolute atomic E-state index is 12.1. The molecular weight excluding hydrogens is 320 g/mol. The monoisotopic (exact) mass is 334 g/mol. The summed E-state index contributed by atoms with van der Waals surface area (Å²) in [6, 6.07) is 11.0. The number of nitrogens with two attached hydrogens (primary N) is 1. The zero-order valence-electron chi connectivity index (χ0n) is 10.9. The normalized spacial score (nSPS) is 11.8. The quantitative estimate of drug-likeness (QED) is 0.593. The molecule has 0 fully saturated rings. The maximum Gasteiger partial charge on any atom is 0.270 e. The summed E-state index contributed by atoms with van der Waals surface area (Å²) in [5, 5.41) is 2.90. The van der Waals surface area contributed by atoms with Crippen molar-refractivity contribution in [3.63, 3.8) is 0 Å². The van der Waals surface area contributed by atoms with Crippen LogP contribution in [-0.4, -0.2) is 10.9 Å². The van der Waals surface area contributed by atoms with Crippen LogP contribution in [0.1, 0.15) is 29.0 Å². The predicted molar refractivity (Wildman–Crippen MR) is 82.1 cm³/mol. The zero-order valence-corrected chi connectivity index (χ0v) is 12.5. The first-order valence-electron chi connectivity index (χ1n) is 6.09. The summed E-state index contributed by atoms with van der Waals surface area (Å²) in [6.45, 7) is 1.93. The van der Waals surface area contributed by atoms with E-state index >= 15 is 0 Å². The van der Waals surface area contributed by atoms with Crippen molar-refractivity contribution in [2.45, 2.75) is 13.0 Å². The number of benzene rings is 1. The first-order valence-corrected chi connectivity index (χ1v) is 6.88. The van der Waals surface area contributed by atoms with Gasteiger partial charge in [-0.15, -0.1) is 0 Å². The summed E-state index contributed by atoms with van der Waals surface area (Å²) in [6.07, 6.45) is 1.51. The van der Waals surface area contributed by atoms with Gasteiger partial charge in [0.1, 0.15) is 5.69 Å². The molecule has 1 aromatic carbocycles. The smallest absolute Gasteiger partial charge is 0.270 e. The molecule has 0 bridgehead atoms. The second-order valence-corrected chi connectivity index (χ2v) is 5.24. The van der Waals surface area contributed by atoms with Gasteiger partial charge in [0.15, 0.2) is 0 Å². The van der Waals surface area contributed by atoms with Crippen LogP contribution in [0.5, 0.6) is 0 Å². The largest absolute Gasteiger partial charge is 0.344 e. The summed E-state index contributed by atoms with van der Waals surface area (Å²) >= 11 is 3.38. The molecule has 0 radical (unpaired) electrons. The number of halogens is 1. The molecule has 6 heteroatoms. The predicted octanol–water partition coefficient (Wildman–Crippen LogP) is 2.62. The number of hydrogen-bond donors (Lipinski definition) is 3. The van der Waals surface area contributed by atoms with Crippen molar-refractivity contribution >= 4 is 27.5 Å². The molecule has 2 rings (SSSR count). The number of carbonyl (C=O) groups excluding carboxylic acids is 1. The highest BCUT2D eigenvalue weighted by Gasteiger charge is 2.12. The van der Waals surface area contributed by atoms with Crippen molar-refractivity contribution < 1.29 is 4.79 Å². The van der Waals surface area contributed by atoms with Crippen LogP contribution >= 0.6 is 15.9 Å². The van der Waals surface area contributed by atoms with E-state index < -0.39 is 0 Å². The van der Waals surface area contributed by atoms with E-state index in [1.54, 1.807) is 12.1 Å². The van der Waals surface area contributed by atoms with Gasteiger partial charge < -0.3 is 10.7 Å². The van der Waals surface area contributed by atoms with Gasteiger partial charge in [-0.05, 0) is 36.8 Å². The van der Waals surface area contributed by atoms with E-state index in [0.29, 0.717) is 11.4 Å². The van der Waals surface area contributed by atoms with Gasteiger partial charge in [-0.25, -0.2) is 4.98 Å². The SMILES string of the molecule is CC(NC(=O)c1ccc(NN)cn1)c1ccc(Br)cc1. The highest BCUT2D eigenvalue weighted by Crippen LogP contribution is 2.17. The molecule has 0 saturated heterocycles. The van der Waals surface area contributed by atoms with Gasteiger partial charge in [0.05, 0.1) is 17.9 Å². The van der Waals surface area contributed by atoms with E-state index in [2.05, 4.69) is 31.7 Å². The summed E-state index contributed by atoms with van der Waals surface area (Å²) < 4.78 is 1.01. The Balaban J connectivity index is 2.04. The molecular formula is C14H15BrN4O. The van der Waals surface area contributed by atoms with Gasteiger partial charge in [0.25, 0.3) is 5.91 Å². The number of rotatable bonds is 4. The van der Waals surface area contributed by atoms with Crippen LogP contribution < -0.4 is 16.6 Å². The summed E-state index contributed by atoms with van der Waals surface area (Å²) in [7, 11) is 0. The molecule has 1 amide bonds. The minimum atomic E-state index is -0.219. The zero-order chi connectivity index (χ0) is 14.5. The summed E-state index contributed by atoms with van der Waals surface area (Å²) in [5.74, 6) is 5.03. The van der Waals surface area contributed by atoms with Crippen molar-refractivity contribution in [2.24, 2.45) is 5.84 Å². The number of carbonyl (C=O) groups is 1. The molecule has 104 valence electrons. The molecule has 1 unspecified atom stereocenters.